The molecular weight excluding hydrogens is 355 g/mol. The molecule has 1 aliphatic heterocycles. The molecular formula is C18H15ClF3NO2. The Morgan fingerprint density at radius 2 is 1.96 bits per heavy atom. The zero-order valence-electron chi connectivity index (χ0n) is 13.3. The third kappa shape index (κ3) is 3.65. The first-order chi connectivity index (χ1) is 11.8. The molecule has 25 heavy (non-hydrogen) atoms. The number of hydrogen-bond donors (Lipinski definition) is 0. The molecule has 132 valence electrons. The van der Waals surface area contributed by atoms with Gasteiger partial charge in [0, 0.05) is 24.1 Å². The fourth-order valence-corrected chi connectivity index (χ4v) is 2.99. The van der Waals surface area contributed by atoms with Gasteiger partial charge >= 0.3 is 6.18 Å². The number of carbonyl (C=O) groups is 1. The molecule has 0 spiro atoms. The molecule has 1 unspecified atom stereocenters. The average Bonchev–Trinajstić information content (AvgIpc) is 2.57. The summed E-state index contributed by atoms with van der Waals surface area (Å²) in [5.74, 6) is -0.148. The van der Waals surface area contributed by atoms with E-state index in [4.69, 9.17) is 16.3 Å². The second-order valence-electron chi connectivity index (χ2n) is 5.85. The van der Waals surface area contributed by atoms with Gasteiger partial charge in [-0.3, -0.25) is 4.79 Å². The van der Waals surface area contributed by atoms with E-state index < -0.39 is 18.0 Å². The molecule has 0 bridgehead atoms. The first-order valence-corrected chi connectivity index (χ1v) is 7.97. The third-order valence-electron chi connectivity index (χ3n) is 4.21. The van der Waals surface area contributed by atoms with Crippen LogP contribution >= 0.6 is 11.6 Å². The van der Waals surface area contributed by atoms with Crippen LogP contribution in [0.1, 0.15) is 27.0 Å². The van der Waals surface area contributed by atoms with Gasteiger partial charge in [-0.1, -0.05) is 35.9 Å². The number of benzene rings is 2. The third-order valence-corrected chi connectivity index (χ3v) is 4.56. The van der Waals surface area contributed by atoms with Crippen LogP contribution < -0.4 is 0 Å². The van der Waals surface area contributed by atoms with Crippen LogP contribution in [0.3, 0.4) is 0 Å². The Labute approximate surface area is 148 Å². The van der Waals surface area contributed by atoms with Crippen LogP contribution in [-0.4, -0.2) is 24.1 Å². The van der Waals surface area contributed by atoms with Crippen LogP contribution in [0.5, 0.6) is 0 Å². The number of likely N-dealkylation sites (N-methyl/N-ethyl adjacent to an activating group) is 1. The zero-order valence-corrected chi connectivity index (χ0v) is 14.1. The maximum Gasteiger partial charge on any atom is 0.416 e. The SMILES string of the molecule is CN1C(=O)c2ccccc2CC1OCc1ccc(C(F)(F)F)cc1Cl. The van der Waals surface area contributed by atoms with Gasteiger partial charge < -0.3 is 9.64 Å². The Morgan fingerprint density at radius 3 is 2.64 bits per heavy atom. The van der Waals surface area contributed by atoms with Crippen molar-refractivity contribution >= 4 is 17.5 Å². The van der Waals surface area contributed by atoms with Crippen LogP contribution in [0.2, 0.25) is 5.02 Å². The van der Waals surface area contributed by atoms with Crippen molar-refractivity contribution in [3.63, 3.8) is 0 Å². The minimum Gasteiger partial charge on any atom is -0.353 e. The van der Waals surface area contributed by atoms with Crippen LogP contribution in [0, 0.1) is 0 Å². The molecule has 0 fully saturated rings. The lowest BCUT2D eigenvalue weighted by molar-refractivity contribution is -0.137. The Bertz CT molecular complexity index is 807. The summed E-state index contributed by atoms with van der Waals surface area (Å²) in [4.78, 5) is 13.8. The molecule has 1 amide bonds. The maximum atomic E-state index is 12.7. The van der Waals surface area contributed by atoms with Gasteiger partial charge in [0.2, 0.25) is 0 Å². The standard InChI is InChI=1S/C18H15ClF3NO2/c1-23-16(8-11-4-2-3-5-14(11)17(23)24)25-10-12-6-7-13(9-15(12)19)18(20,21)22/h2-7,9,16H,8,10H2,1H3. The number of alkyl halides is 3. The first kappa shape index (κ1) is 17.8. The van der Waals surface area contributed by atoms with Gasteiger partial charge in [-0.05, 0) is 29.3 Å². The highest BCUT2D eigenvalue weighted by molar-refractivity contribution is 6.31. The molecule has 1 heterocycles. The van der Waals surface area contributed by atoms with E-state index in [1.165, 1.54) is 11.0 Å². The van der Waals surface area contributed by atoms with E-state index >= 15 is 0 Å². The molecule has 2 aromatic carbocycles. The zero-order chi connectivity index (χ0) is 18.2. The van der Waals surface area contributed by atoms with Crippen LogP contribution in [0.4, 0.5) is 13.2 Å². The minimum atomic E-state index is -4.44. The van der Waals surface area contributed by atoms with Gasteiger partial charge in [-0.2, -0.15) is 13.2 Å². The molecule has 1 atom stereocenters. The number of hydrogen-bond acceptors (Lipinski definition) is 2. The molecule has 0 aliphatic carbocycles. The number of amides is 1. The molecule has 3 rings (SSSR count). The lowest BCUT2D eigenvalue weighted by Gasteiger charge is -2.33. The quantitative estimate of drug-likeness (QED) is 0.795. The lowest BCUT2D eigenvalue weighted by atomic mass is 9.98. The van der Waals surface area contributed by atoms with E-state index in [9.17, 15) is 18.0 Å². The lowest BCUT2D eigenvalue weighted by Crippen LogP contribution is -2.44. The van der Waals surface area contributed by atoms with Crippen molar-refractivity contribution in [2.45, 2.75) is 25.4 Å². The number of fused-ring (bicyclic) bond motifs is 1. The van der Waals surface area contributed by atoms with Crippen molar-refractivity contribution in [2.75, 3.05) is 7.05 Å². The fourth-order valence-electron chi connectivity index (χ4n) is 2.75. The number of nitrogens with zero attached hydrogens (tertiary/aromatic N) is 1. The van der Waals surface area contributed by atoms with Crippen molar-refractivity contribution in [2.24, 2.45) is 0 Å². The highest BCUT2D eigenvalue weighted by Crippen LogP contribution is 2.32. The van der Waals surface area contributed by atoms with E-state index in [1.807, 2.05) is 12.1 Å². The van der Waals surface area contributed by atoms with Crippen LogP contribution in [0.15, 0.2) is 42.5 Å². The normalized spacial score (nSPS) is 17.6. The smallest absolute Gasteiger partial charge is 0.353 e. The molecule has 2 aromatic rings. The molecule has 3 nitrogen and oxygen atoms in total. The van der Waals surface area contributed by atoms with E-state index in [0.29, 0.717) is 17.5 Å². The first-order valence-electron chi connectivity index (χ1n) is 7.59. The number of rotatable bonds is 3. The molecule has 0 N–H and O–H groups in total. The molecule has 7 heteroatoms. The number of ether oxygens (including phenoxy) is 1. The molecule has 0 saturated heterocycles. The maximum absolute atomic E-state index is 12.7. The van der Waals surface area contributed by atoms with Crippen molar-refractivity contribution in [1.29, 1.82) is 0 Å². The summed E-state index contributed by atoms with van der Waals surface area (Å²) in [6, 6.07) is 10.4. The monoisotopic (exact) mass is 369 g/mol. The summed E-state index contributed by atoms with van der Waals surface area (Å²) >= 11 is 5.94. The summed E-state index contributed by atoms with van der Waals surface area (Å²) < 4.78 is 43.8. The van der Waals surface area contributed by atoms with Gasteiger partial charge in [0.25, 0.3) is 5.91 Å². The van der Waals surface area contributed by atoms with Gasteiger partial charge in [0.1, 0.15) is 6.23 Å². The Hall–Kier alpha value is -2.05. The summed E-state index contributed by atoms with van der Waals surface area (Å²) in [6.07, 6.45) is -4.43. The highest BCUT2D eigenvalue weighted by Gasteiger charge is 2.32. The van der Waals surface area contributed by atoms with Crippen molar-refractivity contribution < 1.29 is 22.7 Å². The van der Waals surface area contributed by atoms with Crippen molar-refractivity contribution in [1.82, 2.24) is 4.90 Å². The predicted octanol–water partition coefficient (Wildman–Crippen LogP) is 4.53. The highest BCUT2D eigenvalue weighted by atomic mass is 35.5. The Kier molecular flexibility index (Phi) is 4.75. The molecule has 1 aliphatic rings. The van der Waals surface area contributed by atoms with Gasteiger partial charge in [0.15, 0.2) is 0 Å². The summed E-state index contributed by atoms with van der Waals surface area (Å²) in [6.45, 7) is 0.0153. The Balaban J connectivity index is 1.73. The van der Waals surface area contributed by atoms with Crippen LogP contribution in [-0.2, 0) is 23.9 Å². The van der Waals surface area contributed by atoms with Gasteiger partial charge in [0.05, 0.1) is 12.2 Å². The van der Waals surface area contributed by atoms with Gasteiger partial charge in [-0.15, -0.1) is 0 Å². The Morgan fingerprint density at radius 1 is 1.24 bits per heavy atom. The van der Waals surface area contributed by atoms with Crippen molar-refractivity contribution in [3.05, 3.63) is 69.7 Å². The largest absolute Gasteiger partial charge is 0.416 e. The van der Waals surface area contributed by atoms with E-state index in [-0.39, 0.29) is 17.5 Å². The molecule has 0 saturated carbocycles. The number of halogens is 4. The van der Waals surface area contributed by atoms with Crippen LogP contribution in [0.25, 0.3) is 0 Å². The topological polar surface area (TPSA) is 29.5 Å². The fraction of sp³-hybridized carbons (Fsp3) is 0.278. The second kappa shape index (κ2) is 6.69. The minimum absolute atomic E-state index is 0.0139. The summed E-state index contributed by atoms with van der Waals surface area (Å²) in [7, 11) is 1.64. The molecule has 0 aromatic heterocycles. The average molecular weight is 370 g/mol. The van der Waals surface area contributed by atoms with E-state index in [1.54, 1.807) is 19.2 Å². The van der Waals surface area contributed by atoms with Crippen molar-refractivity contribution in [3.8, 4) is 0 Å². The summed E-state index contributed by atoms with van der Waals surface area (Å²) in [5, 5.41) is -0.0139. The van der Waals surface area contributed by atoms with E-state index in [0.717, 1.165) is 17.7 Å². The summed E-state index contributed by atoms with van der Waals surface area (Å²) in [5.41, 5.74) is 1.15. The van der Waals surface area contributed by atoms with Gasteiger partial charge in [-0.25, -0.2) is 0 Å². The molecule has 0 radical (unpaired) electrons. The number of carbonyl (C=O) groups excluding carboxylic acids is 1. The second-order valence-corrected chi connectivity index (χ2v) is 6.25. The van der Waals surface area contributed by atoms with E-state index in [2.05, 4.69) is 0 Å². The predicted molar refractivity (Wildman–Crippen MR) is 87.3 cm³/mol.